The normalized spacial score (nSPS) is 12.2. The predicted octanol–water partition coefficient (Wildman–Crippen LogP) is 1.56. The number of aliphatic carboxylic acids is 1. The standard InChI is InChI=1S/C10H10F3NO4S/c1-19(17,18)14(6-9(15)16)8-4-2-3-7(5-8)10(11,12)13/h2-5H,6H2,1H3,(H,15,16). The van der Waals surface area contributed by atoms with Crippen molar-refractivity contribution in [3.05, 3.63) is 29.8 Å². The molecule has 1 aromatic carbocycles. The second kappa shape index (κ2) is 5.08. The van der Waals surface area contributed by atoms with Crippen LogP contribution in [0.1, 0.15) is 5.56 Å². The van der Waals surface area contributed by atoms with Gasteiger partial charge in [-0.2, -0.15) is 13.2 Å². The molecule has 0 aliphatic carbocycles. The highest BCUT2D eigenvalue weighted by atomic mass is 32.2. The Kier molecular flexibility index (Phi) is 4.09. The number of nitrogens with zero attached hydrogens (tertiary/aromatic N) is 1. The summed E-state index contributed by atoms with van der Waals surface area (Å²) in [6, 6.07) is 3.46. The van der Waals surface area contributed by atoms with Gasteiger partial charge in [-0.15, -0.1) is 0 Å². The molecular formula is C10H10F3NO4S. The molecule has 5 nitrogen and oxygen atoms in total. The van der Waals surface area contributed by atoms with Crippen molar-refractivity contribution in [2.75, 3.05) is 17.1 Å². The maximum absolute atomic E-state index is 12.5. The summed E-state index contributed by atoms with van der Waals surface area (Å²) in [6.07, 6.45) is -3.92. The molecule has 19 heavy (non-hydrogen) atoms. The largest absolute Gasteiger partial charge is 0.480 e. The van der Waals surface area contributed by atoms with E-state index in [9.17, 15) is 26.4 Å². The Morgan fingerprint density at radius 3 is 2.37 bits per heavy atom. The third kappa shape index (κ3) is 4.12. The van der Waals surface area contributed by atoms with Crippen molar-refractivity contribution in [1.29, 1.82) is 0 Å². The van der Waals surface area contributed by atoms with E-state index in [1.54, 1.807) is 0 Å². The number of alkyl halides is 3. The van der Waals surface area contributed by atoms with Crippen LogP contribution in [0.25, 0.3) is 0 Å². The molecule has 0 bridgehead atoms. The molecule has 0 aliphatic rings. The van der Waals surface area contributed by atoms with Crippen LogP contribution in [0.2, 0.25) is 0 Å². The minimum absolute atomic E-state index is 0.347. The molecule has 0 atom stereocenters. The first-order chi connectivity index (χ1) is 8.51. The topological polar surface area (TPSA) is 74.7 Å². The van der Waals surface area contributed by atoms with Crippen molar-refractivity contribution < 1.29 is 31.5 Å². The maximum atomic E-state index is 12.5. The molecule has 9 heteroatoms. The van der Waals surface area contributed by atoms with E-state index in [4.69, 9.17) is 5.11 Å². The van der Waals surface area contributed by atoms with Crippen LogP contribution in [-0.2, 0) is 21.0 Å². The van der Waals surface area contributed by atoms with Gasteiger partial charge in [-0.1, -0.05) is 6.07 Å². The van der Waals surface area contributed by atoms with Gasteiger partial charge in [-0.05, 0) is 18.2 Å². The van der Waals surface area contributed by atoms with Crippen molar-refractivity contribution in [2.24, 2.45) is 0 Å². The summed E-state index contributed by atoms with van der Waals surface area (Å²) >= 11 is 0. The van der Waals surface area contributed by atoms with Crippen molar-refractivity contribution >= 4 is 21.7 Å². The SMILES string of the molecule is CS(=O)(=O)N(CC(=O)O)c1cccc(C(F)(F)F)c1. The Labute approximate surface area is 107 Å². The Balaban J connectivity index is 3.28. The van der Waals surface area contributed by atoms with E-state index in [1.807, 2.05) is 0 Å². The van der Waals surface area contributed by atoms with Gasteiger partial charge in [-0.3, -0.25) is 9.10 Å². The molecule has 0 aliphatic heterocycles. The molecule has 0 amide bonds. The summed E-state index contributed by atoms with van der Waals surface area (Å²) in [7, 11) is -3.99. The zero-order chi connectivity index (χ0) is 14.8. The Morgan fingerprint density at radius 2 is 1.95 bits per heavy atom. The van der Waals surface area contributed by atoms with Crippen LogP contribution in [0.15, 0.2) is 24.3 Å². The van der Waals surface area contributed by atoms with E-state index in [1.165, 1.54) is 0 Å². The van der Waals surface area contributed by atoms with Gasteiger partial charge in [0.05, 0.1) is 17.5 Å². The lowest BCUT2D eigenvalue weighted by molar-refractivity contribution is -0.137. The van der Waals surface area contributed by atoms with Crippen LogP contribution in [0.3, 0.4) is 0 Å². The monoisotopic (exact) mass is 297 g/mol. The summed E-state index contributed by atoms with van der Waals surface area (Å²) in [5.74, 6) is -1.47. The summed E-state index contributed by atoms with van der Waals surface area (Å²) in [6.45, 7) is -0.944. The van der Waals surface area contributed by atoms with Gasteiger partial charge in [0.1, 0.15) is 6.54 Å². The molecule has 0 saturated carbocycles. The van der Waals surface area contributed by atoms with Crippen molar-refractivity contribution in [3.63, 3.8) is 0 Å². The molecule has 0 heterocycles. The average Bonchev–Trinajstić information content (AvgIpc) is 2.23. The van der Waals surface area contributed by atoms with Crippen LogP contribution in [0.4, 0.5) is 18.9 Å². The minimum Gasteiger partial charge on any atom is -0.480 e. The second-order valence-corrected chi connectivity index (χ2v) is 5.62. The van der Waals surface area contributed by atoms with E-state index in [0.717, 1.165) is 24.5 Å². The molecule has 0 radical (unpaired) electrons. The number of anilines is 1. The predicted molar refractivity (Wildman–Crippen MR) is 61.3 cm³/mol. The minimum atomic E-state index is -4.64. The van der Waals surface area contributed by atoms with Gasteiger partial charge in [0.2, 0.25) is 10.0 Å². The lowest BCUT2D eigenvalue weighted by atomic mass is 10.2. The number of sulfonamides is 1. The van der Waals surface area contributed by atoms with Crippen molar-refractivity contribution in [2.45, 2.75) is 6.18 Å². The smallest absolute Gasteiger partial charge is 0.416 e. The highest BCUT2D eigenvalue weighted by Crippen LogP contribution is 2.32. The molecule has 0 saturated heterocycles. The maximum Gasteiger partial charge on any atom is 0.416 e. The third-order valence-electron chi connectivity index (χ3n) is 2.14. The van der Waals surface area contributed by atoms with Crippen LogP contribution in [0, 0.1) is 0 Å². The van der Waals surface area contributed by atoms with Gasteiger partial charge < -0.3 is 5.11 Å². The molecule has 1 aromatic rings. The van der Waals surface area contributed by atoms with Crippen molar-refractivity contribution in [1.82, 2.24) is 0 Å². The number of carboxylic acids is 1. The summed E-state index contributed by atoms with van der Waals surface area (Å²) in [5.41, 5.74) is -1.40. The van der Waals surface area contributed by atoms with E-state index in [-0.39, 0.29) is 5.69 Å². The number of rotatable bonds is 4. The first-order valence-corrected chi connectivity index (χ1v) is 6.73. The number of carbonyl (C=O) groups is 1. The summed E-state index contributed by atoms with van der Waals surface area (Å²) in [5, 5.41) is 8.61. The Morgan fingerprint density at radius 1 is 1.37 bits per heavy atom. The number of halogens is 3. The van der Waals surface area contributed by atoms with Crippen LogP contribution in [0.5, 0.6) is 0 Å². The molecule has 1 rings (SSSR count). The molecular weight excluding hydrogens is 287 g/mol. The molecule has 0 spiro atoms. The van der Waals surface area contributed by atoms with Gasteiger partial charge in [0, 0.05) is 0 Å². The van der Waals surface area contributed by atoms with Gasteiger partial charge in [0.15, 0.2) is 0 Å². The zero-order valence-electron chi connectivity index (χ0n) is 9.68. The lowest BCUT2D eigenvalue weighted by Crippen LogP contribution is -2.35. The molecule has 106 valence electrons. The Bertz CT molecular complexity index is 583. The zero-order valence-corrected chi connectivity index (χ0v) is 10.5. The third-order valence-corrected chi connectivity index (χ3v) is 3.28. The molecule has 1 N–H and O–H groups in total. The Hall–Kier alpha value is -1.77. The van der Waals surface area contributed by atoms with Gasteiger partial charge in [-0.25, -0.2) is 8.42 Å². The highest BCUT2D eigenvalue weighted by molar-refractivity contribution is 7.92. The first-order valence-electron chi connectivity index (χ1n) is 4.88. The number of carboxylic acid groups (broad SMARTS) is 1. The fraction of sp³-hybridized carbons (Fsp3) is 0.300. The first kappa shape index (κ1) is 15.3. The number of benzene rings is 1. The van der Waals surface area contributed by atoms with Crippen LogP contribution in [-0.4, -0.2) is 32.3 Å². The molecule has 0 fully saturated rings. The lowest BCUT2D eigenvalue weighted by Gasteiger charge is -2.21. The van der Waals surface area contributed by atoms with E-state index in [2.05, 4.69) is 0 Å². The average molecular weight is 297 g/mol. The summed E-state index contributed by atoms with van der Waals surface area (Å²) < 4.78 is 60.7. The van der Waals surface area contributed by atoms with Gasteiger partial charge >= 0.3 is 12.1 Å². The fourth-order valence-electron chi connectivity index (χ4n) is 1.36. The molecule has 0 unspecified atom stereocenters. The molecule has 0 aromatic heterocycles. The van der Waals surface area contributed by atoms with E-state index >= 15 is 0 Å². The quantitative estimate of drug-likeness (QED) is 0.915. The number of hydrogen-bond donors (Lipinski definition) is 1. The van der Waals surface area contributed by atoms with Crippen molar-refractivity contribution in [3.8, 4) is 0 Å². The summed E-state index contributed by atoms with van der Waals surface area (Å²) in [4.78, 5) is 10.6. The highest BCUT2D eigenvalue weighted by Gasteiger charge is 2.31. The van der Waals surface area contributed by atoms with Crippen LogP contribution < -0.4 is 4.31 Å². The second-order valence-electron chi connectivity index (χ2n) is 3.71. The van der Waals surface area contributed by atoms with Gasteiger partial charge in [0.25, 0.3) is 0 Å². The van der Waals surface area contributed by atoms with Crippen LogP contribution >= 0.6 is 0 Å². The van der Waals surface area contributed by atoms with E-state index in [0.29, 0.717) is 10.4 Å². The van der Waals surface area contributed by atoms with E-state index < -0.39 is 34.3 Å². The number of hydrogen-bond acceptors (Lipinski definition) is 3. The fourth-order valence-corrected chi connectivity index (χ4v) is 2.20.